The van der Waals surface area contributed by atoms with Gasteiger partial charge < -0.3 is 9.47 Å². The van der Waals surface area contributed by atoms with E-state index in [1.165, 1.54) is 6.07 Å². The number of alkyl carbamates (subject to hydrolysis) is 1. The van der Waals surface area contributed by atoms with Gasteiger partial charge in [-0.25, -0.2) is 14.6 Å². The number of hydrogen-bond acceptors (Lipinski definition) is 6. The van der Waals surface area contributed by atoms with Crippen molar-refractivity contribution in [1.82, 2.24) is 5.32 Å². The fourth-order valence-electron chi connectivity index (χ4n) is 2.16. The van der Waals surface area contributed by atoms with Crippen LogP contribution >= 0.6 is 0 Å². The Morgan fingerprint density at radius 3 is 2.36 bits per heavy atom. The largest absolute Gasteiger partial charge is 0.444 e. The molecular weight excluding hydrogens is 360 g/mol. The van der Waals surface area contributed by atoms with Crippen molar-refractivity contribution in [1.29, 1.82) is 0 Å². The first-order valence-corrected chi connectivity index (χ1v) is 8.59. The summed E-state index contributed by atoms with van der Waals surface area (Å²) in [6.07, 6.45) is 0.0872. The number of amidine groups is 1. The van der Waals surface area contributed by atoms with E-state index in [4.69, 9.17) is 9.47 Å². The monoisotopic (exact) mass is 382 g/mol. The molecule has 28 heavy (non-hydrogen) atoms. The van der Waals surface area contributed by atoms with Crippen molar-refractivity contribution < 1.29 is 23.9 Å². The third-order valence-corrected chi connectivity index (χ3v) is 3.29. The second-order valence-electron chi connectivity index (χ2n) is 6.95. The highest BCUT2D eigenvalue weighted by molar-refractivity contribution is 5.95. The molecule has 0 fully saturated rings. The predicted molar refractivity (Wildman–Crippen MR) is 105 cm³/mol. The van der Waals surface area contributed by atoms with Crippen LogP contribution in [0, 0.1) is 0 Å². The molecule has 0 radical (unpaired) electrons. The summed E-state index contributed by atoms with van der Waals surface area (Å²) < 4.78 is 10.4. The molecule has 0 saturated carbocycles. The van der Waals surface area contributed by atoms with Crippen molar-refractivity contribution in [3.63, 3.8) is 0 Å². The maximum Gasteiger partial charge on any atom is 0.413 e. The summed E-state index contributed by atoms with van der Waals surface area (Å²) in [5, 5.41) is 2.53. The van der Waals surface area contributed by atoms with E-state index in [0.717, 1.165) is 0 Å². The lowest BCUT2D eigenvalue weighted by molar-refractivity contribution is 0.0562. The number of nitrogens with one attached hydrogen (secondary N) is 1. The summed E-state index contributed by atoms with van der Waals surface area (Å²) in [5.74, 6) is 0.0894. The molecule has 1 N–H and O–H groups in total. The number of aliphatic imine (C=N–C) groups is 1. The van der Waals surface area contributed by atoms with Crippen molar-refractivity contribution >= 4 is 29.9 Å². The van der Waals surface area contributed by atoms with Gasteiger partial charge in [-0.1, -0.05) is 12.1 Å². The van der Waals surface area contributed by atoms with E-state index in [0.29, 0.717) is 28.9 Å². The Labute approximate surface area is 163 Å². The number of esters is 1. The standard InChI is InChI=1S/C21H22N2O5/c1-14(23-20(26)28-21(2,3)4)22-17-10-8-16(9-11-17)19(25)27-18-7-5-6-15(12-18)13-24/h5-13H,1-4H3,(H,22,23,26). The first-order valence-electron chi connectivity index (χ1n) is 8.59. The Kier molecular flexibility index (Phi) is 6.65. The van der Waals surface area contributed by atoms with Crippen LogP contribution in [-0.2, 0) is 4.74 Å². The summed E-state index contributed by atoms with van der Waals surface area (Å²) in [6, 6.07) is 12.7. The second-order valence-corrected chi connectivity index (χ2v) is 6.95. The Morgan fingerprint density at radius 2 is 1.75 bits per heavy atom. The van der Waals surface area contributed by atoms with E-state index in [2.05, 4.69) is 10.3 Å². The molecule has 0 unspecified atom stereocenters. The highest BCUT2D eigenvalue weighted by atomic mass is 16.6. The zero-order valence-corrected chi connectivity index (χ0v) is 16.2. The number of benzene rings is 2. The number of ether oxygens (including phenoxy) is 2. The number of rotatable bonds is 4. The third kappa shape index (κ3) is 6.68. The van der Waals surface area contributed by atoms with E-state index in [1.807, 2.05) is 0 Å². The normalized spacial score (nSPS) is 11.5. The van der Waals surface area contributed by atoms with Gasteiger partial charge in [0.1, 0.15) is 23.5 Å². The Morgan fingerprint density at radius 1 is 1.07 bits per heavy atom. The molecule has 0 saturated heterocycles. The van der Waals surface area contributed by atoms with Gasteiger partial charge in [-0.15, -0.1) is 0 Å². The van der Waals surface area contributed by atoms with Gasteiger partial charge in [0.25, 0.3) is 0 Å². The molecule has 0 aliphatic heterocycles. The molecule has 0 bridgehead atoms. The molecule has 1 amide bonds. The van der Waals surface area contributed by atoms with Gasteiger partial charge in [0, 0.05) is 5.56 Å². The van der Waals surface area contributed by atoms with Crippen molar-refractivity contribution in [2.24, 2.45) is 4.99 Å². The average Bonchev–Trinajstić information content (AvgIpc) is 2.60. The first kappa shape index (κ1) is 20.8. The Balaban J connectivity index is 2.00. The van der Waals surface area contributed by atoms with Crippen molar-refractivity contribution in [3.8, 4) is 5.75 Å². The van der Waals surface area contributed by atoms with Crippen LogP contribution in [0.4, 0.5) is 10.5 Å². The predicted octanol–water partition coefficient (Wildman–Crippen LogP) is 4.29. The van der Waals surface area contributed by atoms with E-state index >= 15 is 0 Å². The van der Waals surface area contributed by atoms with E-state index in [-0.39, 0.29) is 5.75 Å². The van der Waals surface area contributed by atoms with Gasteiger partial charge in [0.15, 0.2) is 0 Å². The van der Waals surface area contributed by atoms with Gasteiger partial charge in [0.2, 0.25) is 0 Å². The maximum atomic E-state index is 12.2. The number of aldehydes is 1. The van der Waals surface area contributed by atoms with Crippen molar-refractivity contribution in [2.75, 3.05) is 0 Å². The maximum absolute atomic E-state index is 12.2. The van der Waals surface area contributed by atoms with Crippen LogP contribution < -0.4 is 10.1 Å². The first-order chi connectivity index (χ1) is 13.2. The highest BCUT2D eigenvalue weighted by Gasteiger charge is 2.16. The van der Waals surface area contributed by atoms with Crippen LogP contribution in [0.25, 0.3) is 0 Å². The zero-order chi connectivity index (χ0) is 20.7. The molecule has 2 rings (SSSR count). The van der Waals surface area contributed by atoms with Gasteiger partial charge >= 0.3 is 12.1 Å². The molecule has 7 heteroatoms. The topological polar surface area (TPSA) is 94.1 Å². The molecule has 0 atom stereocenters. The van der Waals surface area contributed by atoms with Crippen LogP contribution in [0.2, 0.25) is 0 Å². The third-order valence-electron chi connectivity index (χ3n) is 3.29. The van der Waals surface area contributed by atoms with Gasteiger partial charge in [-0.05, 0) is 64.1 Å². The lowest BCUT2D eigenvalue weighted by Gasteiger charge is -2.19. The van der Waals surface area contributed by atoms with E-state index in [9.17, 15) is 14.4 Å². The average molecular weight is 382 g/mol. The molecule has 7 nitrogen and oxygen atoms in total. The number of nitrogens with zero attached hydrogens (tertiary/aromatic N) is 1. The fourth-order valence-corrected chi connectivity index (χ4v) is 2.16. The molecule has 2 aromatic rings. The van der Waals surface area contributed by atoms with Crippen LogP contribution in [0.5, 0.6) is 5.75 Å². The molecule has 0 aliphatic carbocycles. The number of carbonyl (C=O) groups excluding carboxylic acids is 3. The van der Waals surface area contributed by atoms with Gasteiger partial charge in [-0.2, -0.15) is 0 Å². The summed E-state index contributed by atoms with van der Waals surface area (Å²) in [6.45, 7) is 6.94. The van der Waals surface area contributed by atoms with Crippen LogP contribution in [0.1, 0.15) is 48.4 Å². The smallest absolute Gasteiger partial charge is 0.413 e. The van der Waals surface area contributed by atoms with Gasteiger partial charge in [0.05, 0.1) is 11.3 Å². The summed E-state index contributed by atoms with van der Waals surface area (Å²) in [5.41, 5.74) is 0.696. The summed E-state index contributed by atoms with van der Waals surface area (Å²) in [4.78, 5) is 39.0. The van der Waals surface area contributed by atoms with Crippen molar-refractivity contribution in [2.45, 2.75) is 33.3 Å². The number of amides is 1. The summed E-state index contributed by atoms with van der Waals surface area (Å²) >= 11 is 0. The number of hydrogen-bond donors (Lipinski definition) is 1. The highest BCUT2D eigenvalue weighted by Crippen LogP contribution is 2.17. The molecule has 0 aromatic heterocycles. The van der Waals surface area contributed by atoms with E-state index < -0.39 is 17.7 Å². The van der Waals surface area contributed by atoms with Gasteiger partial charge in [-0.3, -0.25) is 10.1 Å². The molecular formula is C21H22N2O5. The van der Waals surface area contributed by atoms with Crippen LogP contribution in [0.15, 0.2) is 53.5 Å². The molecule has 146 valence electrons. The second kappa shape index (κ2) is 8.94. The molecule has 0 aliphatic rings. The van der Waals surface area contributed by atoms with Crippen LogP contribution in [-0.4, -0.2) is 29.8 Å². The Bertz CT molecular complexity index is 896. The van der Waals surface area contributed by atoms with E-state index in [1.54, 1.807) is 70.2 Å². The minimum absolute atomic E-state index is 0.286. The molecule has 0 heterocycles. The SMILES string of the molecule is CC(=Nc1ccc(C(=O)Oc2cccc(C=O)c2)cc1)NC(=O)OC(C)(C)C. The number of carbonyl (C=O) groups is 3. The quantitative estimate of drug-likeness (QED) is 0.280. The minimum Gasteiger partial charge on any atom is -0.444 e. The Hall–Kier alpha value is -3.48. The summed E-state index contributed by atoms with van der Waals surface area (Å²) in [7, 11) is 0. The zero-order valence-electron chi connectivity index (χ0n) is 16.2. The minimum atomic E-state index is -0.600. The van der Waals surface area contributed by atoms with Crippen LogP contribution in [0.3, 0.4) is 0 Å². The fraction of sp³-hybridized carbons (Fsp3) is 0.238. The lowest BCUT2D eigenvalue weighted by Crippen LogP contribution is -2.35. The molecule has 0 spiro atoms. The molecule has 2 aromatic carbocycles. The lowest BCUT2D eigenvalue weighted by atomic mass is 10.2. The van der Waals surface area contributed by atoms with Crippen molar-refractivity contribution in [3.05, 3.63) is 59.7 Å².